The maximum atomic E-state index is 13.7. The van der Waals surface area contributed by atoms with Gasteiger partial charge in [0.1, 0.15) is 17.7 Å². The Morgan fingerprint density at radius 3 is 2.31 bits per heavy atom. The lowest BCUT2D eigenvalue weighted by Gasteiger charge is -2.33. The fourth-order valence-corrected chi connectivity index (χ4v) is 3.92. The van der Waals surface area contributed by atoms with E-state index < -0.39 is 35.6 Å². The molecule has 7 nitrogen and oxygen atoms in total. The van der Waals surface area contributed by atoms with Crippen LogP contribution >= 0.6 is 11.6 Å². The van der Waals surface area contributed by atoms with Crippen molar-refractivity contribution in [1.82, 2.24) is 10.2 Å². The second-order valence-corrected chi connectivity index (χ2v) is 9.97. The standard InChI is InChI=1S/C28H36ClN3O4/c1-8-17-32(26(34)19(4)30-27(35)36-28(5,6)7)24(21-15-13-20(9-2)14-16-21)25(33)31-23-18(3)11-10-12-22(23)29/h8,10-16,19,24H,1,9,17H2,2-7H3,(H,30,35)(H,31,33). The molecule has 0 aliphatic heterocycles. The second-order valence-electron chi connectivity index (χ2n) is 9.57. The minimum atomic E-state index is -1.00. The van der Waals surface area contributed by atoms with Crippen molar-refractivity contribution in [2.75, 3.05) is 11.9 Å². The summed E-state index contributed by atoms with van der Waals surface area (Å²) >= 11 is 6.35. The Morgan fingerprint density at radius 1 is 1.14 bits per heavy atom. The number of carbonyl (C=O) groups excluding carboxylic acids is 3. The molecular weight excluding hydrogens is 478 g/mol. The summed E-state index contributed by atoms with van der Waals surface area (Å²) in [6.07, 6.45) is 1.66. The Morgan fingerprint density at radius 2 is 1.78 bits per heavy atom. The van der Waals surface area contributed by atoms with Gasteiger partial charge in [-0.3, -0.25) is 9.59 Å². The van der Waals surface area contributed by atoms with E-state index >= 15 is 0 Å². The van der Waals surface area contributed by atoms with Crippen LogP contribution in [0, 0.1) is 6.92 Å². The zero-order valence-corrected chi connectivity index (χ0v) is 22.6. The summed E-state index contributed by atoms with van der Waals surface area (Å²) in [6.45, 7) is 14.5. The van der Waals surface area contributed by atoms with Crippen molar-refractivity contribution in [2.24, 2.45) is 0 Å². The number of aryl methyl sites for hydroxylation is 2. The number of ether oxygens (including phenoxy) is 1. The van der Waals surface area contributed by atoms with E-state index in [1.165, 1.54) is 4.90 Å². The molecule has 0 aromatic heterocycles. The summed E-state index contributed by atoms with van der Waals surface area (Å²) in [4.78, 5) is 41.0. The van der Waals surface area contributed by atoms with Crippen molar-refractivity contribution in [3.63, 3.8) is 0 Å². The number of benzene rings is 2. The first-order chi connectivity index (χ1) is 16.9. The highest BCUT2D eigenvalue weighted by Gasteiger charge is 2.34. The number of anilines is 1. The molecule has 36 heavy (non-hydrogen) atoms. The van der Waals surface area contributed by atoms with Gasteiger partial charge in [-0.05, 0) is 63.8 Å². The van der Waals surface area contributed by atoms with Gasteiger partial charge in [0.05, 0.1) is 10.7 Å². The molecule has 2 unspecified atom stereocenters. The van der Waals surface area contributed by atoms with Crippen LogP contribution in [0.3, 0.4) is 0 Å². The van der Waals surface area contributed by atoms with E-state index in [-0.39, 0.29) is 6.54 Å². The van der Waals surface area contributed by atoms with Crippen LogP contribution in [0.2, 0.25) is 5.02 Å². The molecule has 0 radical (unpaired) electrons. The van der Waals surface area contributed by atoms with Crippen LogP contribution in [0.15, 0.2) is 55.1 Å². The zero-order chi connectivity index (χ0) is 27.0. The number of alkyl carbamates (subject to hydrolysis) is 1. The molecule has 2 rings (SSSR count). The van der Waals surface area contributed by atoms with Crippen molar-refractivity contribution in [2.45, 2.75) is 65.6 Å². The van der Waals surface area contributed by atoms with E-state index in [2.05, 4.69) is 17.2 Å². The molecule has 2 aromatic rings. The van der Waals surface area contributed by atoms with E-state index in [1.54, 1.807) is 45.9 Å². The van der Waals surface area contributed by atoms with Gasteiger partial charge < -0.3 is 20.3 Å². The first-order valence-corrected chi connectivity index (χ1v) is 12.3. The molecule has 0 bridgehead atoms. The SMILES string of the molecule is C=CCN(C(=O)C(C)NC(=O)OC(C)(C)C)C(C(=O)Nc1c(C)cccc1Cl)c1ccc(CC)cc1. The molecule has 194 valence electrons. The van der Waals surface area contributed by atoms with E-state index in [4.69, 9.17) is 16.3 Å². The summed E-state index contributed by atoms with van der Waals surface area (Å²) in [5, 5.41) is 5.86. The second kappa shape index (κ2) is 12.6. The van der Waals surface area contributed by atoms with E-state index in [0.717, 1.165) is 17.5 Å². The Balaban J connectivity index is 2.45. The minimum Gasteiger partial charge on any atom is -0.444 e. The van der Waals surface area contributed by atoms with E-state index in [1.807, 2.05) is 44.2 Å². The van der Waals surface area contributed by atoms with Crippen molar-refractivity contribution in [1.29, 1.82) is 0 Å². The molecule has 3 amide bonds. The van der Waals surface area contributed by atoms with Gasteiger partial charge in [-0.2, -0.15) is 0 Å². The summed E-state index contributed by atoms with van der Waals surface area (Å²) < 4.78 is 5.29. The van der Waals surface area contributed by atoms with Gasteiger partial charge in [0.2, 0.25) is 5.91 Å². The normalized spacial score (nSPS) is 12.8. The highest BCUT2D eigenvalue weighted by Crippen LogP contribution is 2.29. The molecule has 2 N–H and O–H groups in total. The van der Waals surface area contributed by atoms with Crippen LogP contribution in [-0.2, 0) is 20.7 Å². The van der Waals surface area contributed by atoms with Crippen LogP contribution in [0.25, 0.3) is 0 Å². The zero-order valence-electron chi connectivity index (χ0n) is 21.9. The Bertz CT molecular complexity index is 1070. The first-order valence-electron chi connectivity index (χ1n) is 11.9. The summed E-state index contributed by atoms with van der Waals surface area (Å²) in [7, 11) is 0. The Kier molecular flexibility index (Phi) is 10.1. The number of amides is 3. The number of para-hydroxylation sites is 1. The van der Waals surface area contributed by atoms with Crippen LogP contribution in [-0.4, -0.2) is 41.0 Å². The minimum absolute atomic E-state index is 0.0777. The molecule has 2 atom stereocenters. The third-order valence-corrected chi connectivity index (χ3v) is 5.76. The number of halogens is 1. The van der Waals surface area contributed by atoms with Crippen LogP contribution in [0.1, 0.15) is 57.4 Å². The van der Waals surface area contributed by atoms with E-state index in [0.29, 0.717) is 16.3 Å². The van der Waals surface area contributed by atoms with Crippen molar-refractivity contribution in [3.8, 4) is 0 Å². The average Bonchev–Trinajstić information content (AvgIpc) is 2.79. The van der Waals surface area contributed by atoms with Crippen molar-refractivity contribution >= 4 is 35.2 Å². The highest BCUT2D eigenvalue weighted by atomic mass is 35.5. The number of nitrogens with one attached hydrogen (secondary N) is 2. The predicted octanol–water partition coefficient (Wildman–Crippen LogP) is 5.82. The van der Waals surface area contributed by atoms with Gasteiger partial charge in [-0.15, -0.1) is 6.58 Å². The third kappa shape index (κ3) is 7.85. The molecule has 0 heterocycles. The number of hydrogen-bond donors (Lipinski definition) is 2. The number of carbonyl (C=O) groups is 3. The Hall–Kier alpha value is -3.32. The Labute approximate surface area is 218 Å². The molecular formula is C28H36ClN3O4. The summed E-state index contributed by atoms with van der Waals surface area (Å²) in [5.41, 5.74) is 2.27. The quantitative estimate of drug-likeness (QED) is 0.414. The lowest BCUT2D eigenvalue weighted by Crippen LogP contribution is -2.51. The highest BCUT2D eigenvalue weighted by molar-refractivity contribution is 6.34. The topological polar surface area (TPSA) is 87.7 Å². The first kappa shape index (κ1) is 28.9. The predicted molar refractivity (Wildman–Crippen MR) is 144 cm³/mol. The fourth-order valence-electron chi connectivity index (χ4n) is 3.65. The number of rotatable bonds is 9. The smallest absolute Gasteiger partial charge is 0.408 e. The van der Waals surface area contributed by atoms with Crippen molar-refractivity contribution in [3.05, 3.63) is 76.8 Å². The molecule has 8 heteroatoms. The van der Waals surface area contributed by atoms with Gasteiger partial charge in [0, 0.05) is 6.54 Å². The fraction of sp³-hybridized carbons (Fsp3) is 0.393. The van der Waals surface area contributed by atoms with E-state index in [9.17, 15) is 14.4 Å². The lowest BCUT2D eigenvalue weighted by molar-refractivity contribution is -0.139. The van der Waals surface area contributed by atoms with Crippen molar-refractivity contribution < 1.29 is 19.1 Å². The van der Waals surface area contributed by atoms with Crippen LogP contribution < -0.4 is 10.6 Å². The van der Waals surface area contributed by atoms with Gasteiger partial charge in [-0.25, -0.2) is 4.79 Å². The van der Waals surface area contributed by atoms with Crippen LogP contribution in [0.4, 0.5) is 10.5 Å². The van der Waals surface area contributed by atoms with Gasteiger partial charge in [0.25, 0.3) is 5.91 Å². The van der Waals surface area contributed by atoms with Crippen LogP contribution in [0.5, 0.6) is 0 Å². The van der Waals surface area contributed by atoms with Gasteiger partial charge in [0.15, 0.2) is 0 Å². The molecule has 2 aromatic carbocycles. The molecule has 0 spiro atoms. The molecule has 0 aliphatic carbocycles. The molecule has 0 saturated heterocycles. The monoisotopic (exact) mass is 513 g/mol. The largest absolute Gasteiger partial charge is 0.444 e. The van der Waals surface area contributed by atoms with Gasteiger partial charge in [-0.1, -0.05) is 61.0 Å². The maximum Gasteiger partial charge on any atom is 0.408 e. The molecule has 0 aliphatic rings. The molecule has 0 fully saturated rings. The molecule has 0 saturated carbocycles. The van der Waals surface area contributed by atoms with Gasteiger partial charge >= 0.3 is 6.09 Å². The summed E-state index contributed by atoms with van der Waals surface area (Å²) in [5.74, 6) is -0.897. The third-order valence-electron chi connectivity index (χ3n) is 5.45. The summed E-state index contributed by atoms with van der Waals surface area (Å²) in [6, 6.07) is 10.9. The number of hydrogen-bond acceptors (Lipinski definition) is 4. The maximum absolute atomic E-state index is 13.7. The number of nitrogens with zero attached hydrogens (tertiary/aromatic N) is 1. The lowest BCUT2D eigenvalue weighted by atomic mass is 10.0. The average molecular weight is 514 g/mol.